The number of fused-ring (bicyclic) bond motifs is 1. The van der Waals surface area contributed by atoms with Crippen LogP contribution in [0.25, 0.3) is 0 Å². The molecule has 0 aromatic rings. The molecule has 1 aliphatic heterocycles. The molecule has 0 aromatic carbocycles. The van der Waals surface area contributed by atoms with Crippen molar-refractivity contribution < 1.29 is 27.8 Å². The van der Waals surface area contributed by atoms with Crippen LogP contribution in [-0.2, 0) is 9.53 Å². The van der Waals surface area contributed by atoms with Gasteiger partial charge in [0.1, 0.15) is 0 Å². The van der Waals surface area contributed by atoms with Crippen molar-refractivity contribution in [1.29, 1.82) is 0 Å². The van der Waals surface area contributed by atoms with Crippen molar-refractivity contribution >= 4 is 5.97 Å². The van der Waals surface area contributed by atoms with Gasteiger partial charge in [-0.05, 0) is 19.3 Å². The molecular weight excluding hydrogens is 225 g/mol. The highest BCUT2D eigenvalue weighted by Crippen LogP contribution is 2.46. The zero-order valence-electron chi connectivity index (χ0n) is 8.54. The van der Waals surface area contributed by atoms with Gasteiger partial charge in [0.25, 0.3) is 0 Å². The standard InChI is InChI=1S/C10H13F3O3/c11-10(12,13)5-3-7(9(14)15)6-1-2-16-8(6)4-5/h5-8H,1-4H2,(H,14,15)/t5-,6-,7+,8+/m0/s1. The van der Waals surface area contributed by atoms with E-state index in [4.69, 9.17) is 9.84 Å². The highest BCUT2D eigenvalue weighted by molar-refractivity contribution is 5.70. The van der Waals surface area contributed by atoms with Gasteiger partial charge in [-0.25, -0.2) is 0 Å². The molecule has 1 N–H and O–H groups in total. The summed E-state index contributed by atoms with van der Waals surface area (Å²) in [6.07, 6.45) is -4.67. The van der Waals surface area contributed by atoms with Crippen molar-refractivity contribution in [2.24, 2.45) is 17.8 Å². The summed E-state index contributed by atoms with van der Waals surface area (Å²) in [5.41, 5.74) is 0. The average molecular weight is 238 g/mol. The normalized spacial score (nSPS) is 39.4. The number of carboxylic acids is 1. The predicted molar refractivity (Wildman–Crippen MR) is 47.8 cm³/mol. The third kappa shape index (κ3) is 2.03. The topological polar surface area (TPSA) is 46.5 Å². The Kier molecular flexibility index (Phi) is 2.86. The lowest BCUT2D eigenvalue weighted by molar-refractivity contribution is -0.200. The largest absolute Gasteiger partial charge is 0.481 e. The molecule has 2 rings (SSSR count). The van der Waals surface area contributed by atoms with Crippen molar-refractivity contribution in [3.05, 3.63) is 0 Å². The van der Waals surface area contributed by atoms with Crippen molar-refractivity contribution in [2.75, 3.05) is 6.61 Å². The number of hydrogen-bond acceptors (Lipinski definition) is 2. The van der Waals surface area contributed by atoms with Crippen molar-refractivity contribution in [3.63, 3.8) is 0 Å². The first-order valence-corrected chi connectivity index (χ1v) is 5.30. The van der Waals surface area contributed by atoms with Gasteiger partial charge >= 0.3 is 12.1 Å². The fourth-order valence-electron chi connectivity index (χ4n) is 2.78. The van der Waals surface area contributed by atoms with Crippen LogP contribution in [0.2, 0.25) is 0 Å². The molecule has 3 nitrogen and oxygen atoms in total. The molecule has 2 fully saturated rings. The van der Waals surface area contributed by atoms with Crippen LogP contribution >= 0.6 is 0 Å². The van der Waals surface area contributed by atoms with E-state index >= 15 is 0 Å². The maximum atomic E-state index is 12.6. The van der Waals surface area contributed by atoms with Gasteiger partial charge < -0.3 is 9.84 Å². The Morgan fingerprint density at radius 1 is 1.31 bits per heavy atom. The van der Waals surface area contributed by atoms with Gasteiger partial charge in [-0.3, -0.25) is 4.79 Å². The van der Waals surface area contributed by atoms with Crippen LogP contribution in [0, 0.1) is 17.8 Å². The van der Waals surface area contributed by atoms with E-state index in [-0.39, 0.29) is 18.8 Å². The van der Waals surface area contributed by atoms with E-state index in [1.165, 1.54) is 0 Å². The molecule has 0 bridgehead atoms. The molecular formula is C10H13F3O3. The van der Waals surface area contributed by atoms with Gasteiger partial charge in [-0.1, -0.05) is 0 Å². The molecule has 1 heterocycles. The molecule has 0 radical (unpaired) electrons. The smallest absolute Gasteiger partial charge is 0.391 e. The zero-order chi connectivity index (χ0) is 11.9. The third-order valence-electron chi connectivity index (χ3n) is 3.61. The Hall–Kier alpha value is -0.780. The third-order valence-corrected chi connectivity index (χ3v) is 3.61. The van der Waals surface area contributed by atoms with E-state index in [2.05, 4.69) is 0 Å². The highest BCUT2D eigenvalue weighted by atomic mass is 19.4. The number of carbonyl (C=O) groups is 1. The van der Waals surface area contributed by atoms with Crippen LogP contribution in [0.5, 0.6) is 0 Å². The van der Waals surface area contributed by atoms with Crippen LogP contribution in [0.4, 0.5) is 13.2 Å². The van der Waals surface area contributed by atoms with Crippen molar-refractivity contribution in [3.8, 4) is 0 Å². The molecule has 4 atom stereocenters. The van der Waals surface area contributed by atoms with Gasteiger partial charge in [0.15, 0.2) is 0 Å². The van der Waals surface area contributed by atoms with E-state index in [1.807, 2.05) is 0 Å². The Morgan fingerprint density at radius 3 is 2.56 bits per heavy atom. The summed E-state index contributed by atoms with van der Waals surface area (Å²) in [4.78, 5) is 10.9. The van der Waals surface area contributed by atoms with Crippen LogP contribution < -0.4 is 0 Å². The van der Waals surface area contributed by atoms with Crippen LogP contribution in [0.1, 0.15) is 19.3 Å². The second kappa shape index (κ2) is 3.91. The number of hydrogen-bond donors (Lipinski definition) is 1. The first kappa shape index (κ1) is 11.7. The lowest BCUT2D eigenvalue weighted by Crippen LogP contribution is -2.42. The van der Waals surface area contributed by atoms with E-state index in [0.717, 1.165) is 0 Å². The first-order chi connectivity index (χ1) is 7.39. The second-order valence-electron chi connectivity index (χ2n) is 4.52. The molecule has 1 saturated heterocycles. The zero-order valence-corrected chi connectivity index (χ0v) is 8.54. The minimum atomic E-state index is -4.31. The molecule has 0 unspecified atom stereocenters. The summed E-state index contributed by atoms with van der Waals surface area (Å²) in [6.45, 7) is 0.379. The van der Waals surface area contributed by atoms with Crippen molar-refractivity contribution in [2.45, 2.75) is 31.5 Å². The molecule has 0 spiro atoms. The van der Waals surface area contributed by atoms with Crippen LogP contribution in [-0.4, -0.2) is 30.0 Å². The number of halogens is 3. The lowest BCUT2D eigenvalue weighted by atomic mass is 9.72. The fraction of sp³-hybridized carbons (Fsp3) is 0.900. The molecule has 6 heteroatoms. The molecule has 16 heavy (non-hydrogen) atoms. The molecule has 2 aliphatic rings. The van der Waals surface area contributed by atoms with Gasteiger partial charge in [-0.15, -0.1) is 0 Å². The second-order valence-corrected chi connectivity index (χ2v) is 4.52. The summed E-state index contributed by atoms with van der Waals surface area (Å²) >= 11 is 0. The molecule has 0 aromatic heterocycles. The van der Waals surface area contributed by atoms with Gasteiger partial charge in [0.2, 0.25) is 0 Å². The first-order valence-electron chi connectivity index (χ1n) is 5.30. The Labute approximate surface area is 90.6 Å². The molecule has 1 saturated carbocycles. The maximum Gasteiger partial charge on any atom is 0.391 e. The van der Waals surface area contributed by atoms with E-state index in [9.17, 15) is 18.0 Å². The molecule has 92 valence electrons. The highest BCUT2D eigenvalue weighted by Gasteiger charge is 2.52. The van der Waals surface area contributed by atoms with Gasteiger partial charge in [-0.2, -0.15) is 13.2 Å². The summed E-state index contributed by atoms with van der Waals surface area (Å²) in [5.74, 6) is -3.81. The Morgan fingerprint density at radius 2 is 2.00 bits per heavy atom. The average Bonchev–Trinajstić information content (AvgIpc) is 2.61. The Bertz CT molecular complexity index is 290. The van der Waals surface area contributed by atoms with E-state index < -0.39 is 30.1 Å². The number of carboxylic acid groups (broad SMARTS) is 1. The minimum absolute atomic E-state index is 0.0854. The summed E-state index contributed by atoms with van der Waals surface area (Å²) in [6, 6.07) is 0. The SMILES string of the molecule is O=C(O)[C@@H]1C[C@H](C(F)(F)F)C[C@H]2OCC[C@H]21. The van der Waals surface area contributed by atoms with E-state index in [0.29, 0.717) is 13.0 Å². The number of ether oxygens (including phenoxy) is 1. The van der Waals surface area contributed by atoms with Crippen molar-refractivity contribution in [1.82, 2.24) is 0 Å². The van der Waals surface area contributed by atoms with Crippen LogP contribution in [0.3, 0.4) is 0 Å². The van der Waals surface area contributed by atoms with E-state index in [1.54, 1.807) is 0 Å². The fourth-order valence-corrected chi connectivity index (χ4v) is 2.78. The summed E-state index contributed by atoms with van der Waals surface area (Å²) in [5, 5.41) is 8.95. The molecule has 1 aliphatic carbocycles. The minimum Gasteiger partial charge on any atom is -0.481 e. The maximum absolute atomic E-state index is 12.6. The number of alkyl halides is 3. The monoisotopic (exact) mass is 238 g/mol. The van der Waals surface area contributed by atoms with Crippen LogP contribution in [0.15, 0.2) is 0 Å². The van der Waals surface area contributed by atoms with Gasteiger partial charge in [0.05, 0.1) is 17.9 Å². The quantitative estimate of drug-likeness (QED) is 0.760. The Balaban J connectivity index is 2.16. The number of aliphatic carboxylic acids is 1. The lowest BCUT2D eigenvalue weighted by Gasteiger charge is -2.36. The predicted octanol–water partition coefficient (Wildman–Crippen LogP) is 2.06. The molecule has 0 amide bonds. The number of rotatable bonds is 1. The summed E-state index contributed by atoms with van der Waals surface area (Å²) < 4.78 is 43.0. The van der Waals surface area contributed by atoms with Gasteiger partial charge in [0, 0.05) is 12.5 Å². The summed E-state index contributed by atoms with van der Waals surface area (Å²) in [7, 11) is 0.